The Labute approximate surface area is 247 Å². The van der Waals surface area contributed by atoms with Crippen LogP contribution in [0.15, 0.2) is 24.3 Å². The Hall–Kier alpha value is -2.40. The molecule has 2 aromatic rings. The maximum atomic E-state index is 13.4. The van der Waals surface area contributed by atoms with E-state index in [2.05, 4.69) is 25.4 Å². The van der Waals surface area contributed by atoms with Crippen LogP contribution in [-0.4, -0.2) is 84.6 Å². The van der Waals surface area contributed by atoms with Crippen LogP contribution >= 0.6 is 11.3 Å². The molecular weight excluding hydrogens is 541 g/mol. The molecule has 3 saturated heterocycles. The SMILES string of the molecule is CC(=O)c1sc(NC(=O)N[C@H]2CN(CC3CCCCO3)CC[C@H]2CN2CCCC(Cc3ccc(F)cc3)C2)nc1C. The van der Waals surface area contributed by atoms with Gasteiger partial charge in [0, 0.05) is 45.8 Å². The average molecular weight is 586 g/mol. The van der Waals surface area contributed by atoms with Gasteiger partial charge in [-0.2, -0.15) is 0 Å². The molecule has 4 atom stereocenters. The number of urea groups is 1. The van der Waals surface area contributed by atoms with Crippen LogP contribution in [0.1, 0.15) is 66.4 Å². The third-order valence-corrected chi connectivity index (χ3v) is 9.94. The van der Waals surface area contributed by atoms with Gasteiger partial charge in [0.2, 0.25) is 0 Å². The van der Waals surface area contributed by atoms with Crippen molar-refractivity contribution in [2.75, 3.05) is 51.2 Å². The van der Waals surface area contributed by atoms with Crippen molar-refractivity contribution in [2.45, 2.75) is 70.9 Å². The zero-order valence-electron chi connectivity index (χ0n) is 24.4. The van der Waals surface area contributed by atoms with E-state index >= 15 is 0 Å². The Bertz CT molecular complexity index is 1170. The molecule has 224 valence electrons. The molecule has 0 bridgehead atoms. The molecule has 5 rings (SSSR count). The van der Waals surface area contributed by atoms with Crippen LogP contribution in [0.25, 0.3) is 0 Å². The highest BCUT2D eigenvalue weighted by Gasteiger charge is 2.34. The number of ether oxygens (including phenoxy) is 1. The minimum atomic E-state index is -0.271. The number of thiazole rings is 1. The molecule has 2 amide bonds. The molecule has 3 aliphatic rings. The van der Waals surface area contributed by atoms with Gasteiger partial charge in [0.05, 0.1) is 16.7 Å². The molecule has 0 saturated carbocycles. The highest BCUT2D eigenvalue weighted by atomic mass is 32.1. The van der Waals surface area contributed by atoms with E-state index < -0.39 is 0 Å². The summed E-state index contributed by atoms with van der Waals surface area (Å²) >= 11 is 1.22. The van der Waals surface area contributed by atoms with Crippen molar-refractivity contribution in [1.82, 2.24) is 20.1 Å². The molecule has 8 nitrogen and oxygen atoms in total. The first kappa shape index (κ1) is 30.1. The Morgan fingerprint density at radius 2 is 1.85 bits per heavy atom. The first-order valence-electron chi connectivity index (χ1n) is 15.2. The van der Waals surface area contributed by atoms with Gasteiger partial charge in [0.1, 0.15) is 5.82 Å². The molecule has 0 radical (unpaired) electrons. The number of aryl methyl sites for hydroxylation is 1. The lowest BCUT2D eigenvalue weighted by Crippen LogP contribution is -2.57. The van der Waals surface area contributed by atoms with Crippen molar-refractivity contribution in [2.24, 2.45) is 11.8 Å². The molecule has 41 heavy (non-hydrogen) atoms. The monoisotopic (exact) mass is 585 g/mol. The summed E-state index contributed by atoms with van der Waals surface area (Å²) in [6.07, 6.45) is 8.06. The van der Waals surface area contributed by atoms with Crippen LogP contribution < -0.4 is 10.6 Å². The predicted octanol–water partition coefficient (Wildman–Crippen LogP) is 5.13. The summed E-state index contributed by atoms with van der Waals surface area (Å²) < 4.78 is 19.4. The molecule has 0 aliphatic carbocycles. The normalized spacial score (nSPS) is 26.0. The zero-order valence-corrected chi connectivity index (χ0v) is 25.2. The fourth-order valence-electron chi connectivity index (χ4n) is 6.70. The number of nitrogens with one attached hydrogen (secondary N) is 2. The molecule has 1 aromatic carbocycles. The second-order valence-corrected chi connectivity index (χ2v) is 13.1. The largest absolute Gasteiger partial charge is 0.377 e. The second-order valence-electron chi connectivity index (χ2n) is 12.1. The Kier molecular flexibility index (Phi) is 10.4. The number of hydrogen-bond acceptors (Lipinski definition) is 7. The average Bonchev–Trinajstić information content (AvgIpc) is 3.32. The molecule has 0 spiro atoms. The number of likely N-dealkylation sites (tertiary alicyclic amines) is 2. The van der Waals surface area contributed by atoms with Crippen LogP contribution in [0.4, 0.5) is 14.3 Å². The van der Waals surface area contributed by atoms with Gasteiger partial charge in [-0.25, -0.2) is 14.2 Å². The topological polar surface area (TPSA) is 86.8 Å². The number of ketones is 1. The quantitative estimate of drug-likeness (QED) is 0.397. The van der Waals surface area contributed by atoms with Crippen molar-refractivity contribution in [3.05, 3.63) is 46.2 Å². The summed E-state index contributed by atoms with van der Waals surface area (Å²) in [5, 5.41) is 6.61. The molecule has 3 aliphatic heterocycles. The molecule has 3 fully saturated rings. The van der Waals surface area contributed by atoms with E-state index in [9.17, 15) is 14.0 Å². The summed E-state index contributed by atoms with van der Waals surface area (Å²) in [5.41, 5.74) is 1.84. The Morgan fingerprint density at radius 1 is 1.05 bits per heavy atom. The number of amides is 2. The molecule has 2 N–H and O–H groups in total. The van der Waals surface area contributed by atoms with E-state index in [1.54, 1.807) is 19.1 Å². The molecule has 10 heteroatoms. The number of rotatable bonds is 9. The number of nitrogens with zero attached hydrogens (tertiary/aromatic N) is 3. The number of piperidine rings is 2. The van der Waals surface area contributed by atoms with Crippen LogP contribution in [0, 0.1) is 24.6 Å². The van der Waals surface area contributed by atoms with Gasteiger partial charge in [0.25, 0.3) is 0 Å². The number of Topliss-reactive ketones (excluding diaryl/α,β-unsaturated/α-hetero) is 1. The van der Waals surface area contributed by atoms with E-state index in [1.165, 1.54) is 36.7 Å². The van der Waals surface area contributed by atoms with Gasteiger partial charge in [-0.3, -0.25) is 15.0 Å². The lowest BCUT2D eigenvalue weighted by molar-refractivity contribution is -0.0161. The summed E-state index contributed by atoms with van der Waals surface area (Å²) in [5.74, 6) is 0.656. The number of carbonyl (C=O) groups is 2. The third kappa shape index (κ3) is 8.56. The van der Waals surface area contributed by atoms with Crippen molar-refractivity contribution in [3.8, 4) is 0 Å². The van der Waals surface area contributed by atoms with E-state index in [4.69, 9.17) is 4.74 Å². The number of hydrogen-bond donors (Lipinski definition) is 2. The predicted molar refractivity (Wildman–Crippen MR) is 160 cm³/mol. The molecule has 2 unspecified atom stereocenters. The number of carbonyl (C=O) groups excluding carboxylic acids is 2. The smallest absolute Gasteiger partial charge is 0.321 e. The Morgan fingerprint density at radius 3 is 2.59 bits per heavy atom. The Balaban J connectivity index is 1.21. The minimum absolute atomic E-state index is 0.00171. The first-order chi connectivity index (χ1) is 19.8. The van der Waals surface area contributed by atoms with Crippen molar-refractivity contribution in [1.29, 1.82) is 0 Å². The number of benzene rings is 1. The number of anilines is 1. The lowest BCUT2D eigenvalue weighted by atomic mass is 9.87. The van der Waals surface area contributed by atoms with Crippen molar-refractivity contribution in [3.63, 3.8) is 0 Å². The van der Waals surface area contributed by atoms with Crippen LogP contribution in [0.5, 0.6) is 0 Å². The second kappa shape index (κ2) is 14.2. The lowest BCUT2D eigenvalue weighted by Gasteiger charge is -2.43. The van der Waals surface area contributed by atoms with Gasteiger partial charge in [-0.1, -0.05) is 23.5 Å². The highest BCUT2D eigenvalue weighted by Crippen LogP contribution is 2.27. The standard InChI is InChI=1S/C31H44FN5O3S/c1-21-29(22(2)38)41-31(33-21)35-30(39)34-28-20-37(19-27-7-3-4-15-40-27)14-12-25(28)18-36-13-5-6-24(17-36)16-23-8-10-26(32)11-9-23/h8-11,24-25,27-28H,3-7,12-20H2,1-2H3,(H2,33,34,35,39)/t24?,25-,27?,28-/m0/s1. The third-order valence-electron chi connectivity index (χ3n) is 8.76. The van der Waals surface area contributed by atoms with Gasteiger partial charge < -0.3 is 15.0 Å². The molecular formula is C31H44FN5O3S. The maximum absolute atomic E-state index is 13.4. The summed E-state index contributed by atoms with van der Waals surface area (Å²) in [6.45, 7) is 9.90. The van der Waals surface area contributed by atoms with E-state index in [0.29, 0.717) is 27.5 Å². The maximum Gasteiger partial charge on any atom is 0.321 e. The van der Waals surface area contributed by atoms with E-state index in [-0.39, 0.29) is 29.8 Å². The van der Waals surface area contributed by atoms with Gasteiger partial charge >= 0.3 is 6.03 Å². The first-order valence-corrected chi connectivity index (χ1v) is 16.0. The number of halogens is 1. The van der Waals surface area contributed by atoms with Gasteiger partial charge in [0.15, 0.2) is 10.9 Å². The fraction of sp³-hybridized carbons (Fsp3) is 0.645. The van der Waals surface area contributed by atoms with Crippen molar-refractivity contribution >= 4 is 28.3 Å². The minimum Gasteiger partial charge on any atom is -0.377 e. The van der Waals surface area contributed by atoms with Crippen LogP contribution in [0.3, 0.4) is 0 Å². The van der Waals surface area contributed by atoms with Crippen molar-refractivity contribution < 1.29 is 18.7 Å². The molecule has 1 aromatic heterocycles. The van der Waals surface area contributed by atoms with Crippen LogP contribution in [-0.2, 0) is 11.2 Å². The van der Waals surface area contributed by atoms with Crippen LogP contribution in [0.2, 0.25) is 0 Å². The summed E-state index contributed by atoms with van der Waals surface area (Å²) in [4.78, 5) is 35.0. The van der Waals surface area contributed by atoms with Gasteiger partial charge in [-0.15, -0.1) is 0 Å². The molecule has 4 heterocycles. The number of aromatic nitrogens is 1. The van der Waals surface area contributed by atoms with Gasteiger partial charge in [-0.05, 0) is 94.5 Å². The van der Waals surface area contributed by atoms with E-state index in [1.807, 2.05) is 12.1 Å². The van der Waals surface area contributed by atoms with E-state index in [0.717, 1.165) is 78.0 Å². The zero-order chi connectivity index (χ0) is 28.8. The highest BCUT2D eigenvalue weighted by molar-refractivity contribution is 7.17. The summed E-state index contributed by atoms with van der Waals surface area (Å²) in [6, 6.07) is 6.64. The fourth-order valence-corrected chi connectivity index (χ4v) is 7.56. The summed E-state index contributed by atoms with van der Waals surface area (Å²) in [7, 11) is 0.